The number of rotatable bonds is 2. The minimum atomic E-state index is -1.03. The molecule has 0 aliphatic rings. The van der Waals surface area contributed by atoms with Crippen LogP contribution in [0.4, 0.5) is 0 Å². The van der Waals surface area contributed by atoms with E-state index in [1.165, 1.54) is 12.1 Å². The van der Waals surface area contributed by atoms with Gasteiger partial charge >= 0.3 is 11.9 Å². The van der Waals surface area contributed by atoms with Crippen LogP contribution in [0.2, 0.25) is 0 Å². The molecule has 0 bridgehead atoms. The van der Waals surface area contributed by atoms with Crippen LogP contribution < -0.4 is 0 Å². The number of carbonyl (C=O) groups is 2. The van der Waals surface area contributed by atoms with Gasteiger partial charge in [-0.1, -0.05) is 48.5 Å². The van der Waals surface area contributed by atoms with Crippen molar-refractivity contribution in [3.05, 3.63) is 96.6 Å². The van der Waals surface area contributed by atoms with Crippen molar-refractivity contribution < 1.29 is 53.9 Å². The molecule has 10 heteroatoms. The molecule has 0 spiro atoms. The molecule has 186 valence electrons. The van der Waals surface area contributed by atoms with Crippen molar-refractivity contribution in [2.75, 3.05) is 0 Å². The molecule has 4 aromatic heterocycles. The zero-order chi connectivity index (χ0) is 23.7. The molecular weight excluding hydrogens is 559 g/mol. The second-order valence-electron chi connectivity index (χ2n) is 7.43. The number of hydrogen-bond donors (Lipinski definition) is 2. The molecule has 6 rings (SSSR count). The normalized spacial score (nSPS) is 10.2. The van der Waals surface area contributed by atoms with E-state index in [0.717, 1.165) is 32.6 Å². The summed E-state index contributed by atoms with van der Waals surface area (Å²) < 4.78 is 0. The average Bonchev–Trinajstić information content (AvgIpc) is 2.88. The summed E-state index contributed by atoms with van der Waals surface area (Å²) in [6.07, 6.45) is 3.35. The number of nitrogens with zero attached hydrogens (tertiary/aromatic N) is 4. The topological polar surface area (TPSA) is 126 Å². The summed E-state index contributed by atoms with van der Waals surface area (Å²) in [6.45, 7) is 0. The molecule has 2 aromatic carbocycles. The van der Waals surface area contributed by atoms with E-state index in [4.69, 9.17) is 10.2 Å². The first-order chi connectivity index (χ1) is 16.5. The van der Waals surface area contributed by atoms with Crippen molar-refractivity contribution in [3.63, 3.8) is 0 Å². The Morgan fingerprint density at radius 1 is 0.500 bits per heavy atom. The number of carboxylic acids is 2. The van der Waals surface area contributed by atoms with E-state index < -0.39 is 11.9 Å². The van der Waals surface area contributed by atoms with E-state index in [2.05, 4.69) is 19.9 Å². The van der Waals surface area contributed by atoms with Crippen LogP contribution in [0.5, 0.6) is 0 Å². The van der Waals surface area contributed by atoms with Gasteiger partial charge in [0, 0.05) is 68.1 Å². The zero-order valence-electron chi connectivity index (χ0n) is 18.2. The molecule has 8 nitrogen and oxygen atoms in total. The summed E-state index contributed by atoms with van der Waals surface area (Å²) in [5.74, 6) is -2.06. The Labute approximate surface area is 225 Å². The van der Waals surface area contributed by atoms with Gasteiger partial charge in [0.15, 0.2) is 0 Å². The van der Waals surface area contributed by atoms with Gasteiger partial charge in [-0.25, -0.2) is 19.6 Å². The van der Waals surface area contributed by atoms with Crippen LogP contribution in [0.25, 0.3) is 43.6 Å². The third kappa shape index (κ3) is 5.17. The maximum atomic E-state index is 10.9. The Balaban J connectivity index is 0.000000190. The molecule has 0 amide bonds. The van der Waals surface area contributed by atoms with Crippen LogP contribution >= 0.6 is 0 Å². The van der Waals surface area contributed by atoms with Gasteiger partial charge in [0.1, 0.15) is 11.4 Å². The molecule has 0 aliphatic heterocycles. The maximum absolute atomic E-state index is 10.9. The molecule has 0 saturated heterocycles. The third-order valence-corrected chi connectivity index (χ3v) is 5.30. The van der Waals surface area contributed by atoms with E-state index in [1.54, 1.807) is 24.5 Å². The van der Waals surface area contributed by atoms with Crippen molar-refractivity contribution in [2.45, 2.75) is 0 Å². The van der Waals surface area contributed by atoms with Crippen LogP contribution in [0.3, 0.4) is 0 Å². The first kappa shape index (κ1) is 26.7. The Kier molecular flexibility index (Phi) is 8.29. The van der Waals surface area contributed by atoms with Crippen molar-refractivity contribution in [1.29, 1.82) is 0 Å². The maximum Gasteiger partial charge on any atom is 0.354 e. The monoisotopic (exact) mass is 574 g/mol. The summed E-state index contributed by atoms with van der Waals surface area (Å²) in [6, 6.07) is 21.8. The predicted octanol–water partition coefficient (Wildman–Crippen LogP) is 4.96. The zero-order valence-corrected chi connectivity index (χ0v) is 20.1. The fraction of sp³-hybridized carbons (Fsp3) is 0. The number of hydrogen-bond acceptors (Lipinski definition) is 6. The summed E-state index contributed by atoms with van der Waals surface area (Å²) in [4.78, 5) is 38.6. The summed E-state index contributed by atoms with van der Waals surface area (Å²) in [7, 11) is 0. The number of aromatic nitrogens is 4. The van der Waals surface area contributed by atoms with Crippen molar-refractivity contribution >= 4 is 55.6 Å². The molecular formula is C26H16Cu2N4O4. The van der Waals surface area contributed by atoms with E-state index >= 15 is 0 Å². The molecule has 6 aromatic rings. The number of carboxylic acid groups (broad SMARTS) is 2. The molecule has 0 saturated carbocycles. The standard InChI is InChI=1S/2C13H8N2O2.2Cu/c2*16-13(17)10-6-5-9-4-3-8-2-1-7-14-11(8)12(9)15-10;;/h2*1-7H,(H,16,17);;. The second kappa shape index (κ2) is 11.2. The van der Waals surface area contributed by atoms with Gasteiger partial charge in [0.25, 0.3) is 0 Å². The van der Waals surface area contributed by atoms with Gasteiger partial charge in [-0.2, -0.15) is 0 Å². The smallest absolute Gasteiger partial charge is 0.354 e. The van der Waals surface area contributed by atoms with Gasteiger partial charge in [0.05, 0.1) is 22.1 Å². The molecule has 0 atom stereocenters. The van der Waals surface area contributed by atoms with E-state index in [1.807, 2.05) is 48.5 Å². The molecule has 0 aliphatic carbocycles. The van der Waals surface area contributed by atoms with Gasteiger partial charge in [-0.05, 0) is 24.3 Å². The minimum Gasteiger partial charge on any atom is -0.477 e. The second-order valence-corrected chi connectivity index (χ2v) is 7.43. The van der Waals surface area contributed by atoms with Gasteiger partial charge in [0.2, 0.25) is 0 Å². The predicted molar refractivity (Wildman–Crippen MR) is 128 cm³/mol. The summed E-state index contributed by atoms with van der Waals surface area (Å²) in [5.41, 5.74) is 2.79. The van der Waals surface area contributed by atoms with Crippen molar-refractivity contribution in [2.24, 2.45) is 0 Å². The number of benzene rings is 2. The number of aromatic carboxylic acids is 2. The first-order valence-electron chi connectivity index (χ1n) is 10.3. The van der Waals surface area contributed by atoms with Crippen LogP contribution in [-0.4, -0.2) is 42.1 Å². The van der Waals surface area contributed by atoms with Crippen molar-refractivity contribution in [3.8, 4) is 0 Å². The SMILES string of the molecule is O=C(O)c1ccc2ccc3cccnc3c2n1.O=C(O)c1ccc2ccc3cccnc3c2n1.[Cu].[Cu]. The average molecular weight is 576 g/mol. The van der Waals surface area contributed by atoms with E-state index in [-0.39, 0.29) is 45.5 Å². The molecule has 2 N–H and O–H groups in total. The van der Waals surface area contributed by atoms with Gasteiger partial charge in [-0.15, -0.1) is 0 Å². The van der Waals surface area contributed by atoms with Gasteiger partial charge in [-0.3, -0.25) is 9.97 Å². The quantitative estimate of drug-likeness (QED) is 0.219. The van der Waals surface area contributed by atoms with Crippen LogP contribution in [0, 0.1) is 0 Å². The fourth-order valence-corrected chi connectivity index (χ4v) is 3.69. The molecule has 0 unspecified atom stereocenters. The van der Waals surface area contributed by atoms with Gasteiger partial charge < -0.3 is 10.2 Å². The van der Waals surface area contributed by atoms with E-state index in [0.29, 0.717) is 11.0 Å². The Morgan fingerprint density at radius 2 is 0.833 bits per heavy atom. The Morgan fingerprint density at radius 3 is 1.19 bits per heavy atom. The third-order valence-electron chi connectivity index (χ3n) is 5.30. The fourth-order valence-electron chi connectivity index (χ4n) is 3.69. The largest absolute Gasteiger partial charge is 0.477 e. The van der Waals surface area contributed by atoms with Crippen LogP contribution in [-0.2, 0) is 34.1 Å². The molecule has 0 fully saturated rings. The van der Waals surface area contributed by atoms with Crippen LogP contribution in [0.1, 0.15) is 21.0 Å². The Bertz CT molecular complexity index is 1620. The van der Waals surface area contributed by atoms with Crippen LogP contribution in [0.15, 0.2) is 85.2 Å². The molecule has 4 heterocycles. The summed E-state index contributed by atoms with van der Waals surface area (Å²) >= 11 is 0. The molecule has 36 heavy (non-hydrogen) atoms. The minimum absolute atomic E-state index is 0. The Hall–Kier alpha value is -3.94. The summed E-state index contributed by atoms with van der Waals surface area (Å²) in [5, 5.41) is 21.6. The first-order valence-corrected chi connectivity index (χ1v) is 10.3. The van der Waals surface area contributed by atoms with Crippen molar-refractivity contribution in [1.82, 2.24) is 19.9 Å². The molecule has 2 radical (unpaired) electrons. The van der Waals surface area contributed by atoms with E-state index in [9.17, 15) is 9.59 Å². The number of pyridine rings is 4. The number of fused-ring (bicyclic) bond motifs is 6.